The highest BCUT2D eigenvalue weighted by Gasteiger charge is 2.22. The molecule has 0 unspecified atom stereocenters. The predicted octanol–water partition coefficient (Wildman–Crippen LogP) is 1.09. The van der Waals surface area contributed by atoms with Crippen molar-refractivity contribution in [2.75, 3.05) is 25.6 Å². The molecule has 0 aliphatic carbocycles. The molecule has 0 saturated carbocycles. The maximum atomic E-state index is 5.80. The Morgan fingerprint density at radius 3 is 2.94 bits per heavy atom. The van der Waals surface area contributed by atoms with Crippen molar-refractivity contribution >= 4 is 28.5 Å². The second-order valence-electron chi connectivity index (χ2n) is 3.63. The van der Waals surface area contributed by atoms with Crippen molar-refractivity contribution < 1.29 is 4.74 Å². The van der Waals surface area contributed by atoms with Crippen LogP contribution in [0.4, 0.5) is 5.82 Å². The molecule has 1 fully saturated rings. The van der Waals surface area contributed by atoms with Crippen LogP contribution in [-0.2, 0) is 4.74 Å². The Bertz CT molecular complexity index is 536. The monoisotopic (exact) mass is 239 g/mol. The van der Waals surface area contributed by atoms with Crippen molar-refractivity contribution in [3.05, 3.63) is 11.5 Å². The molecular formula is C9H10ClN5O. The zero-order valence-electron chi connectivity index (χ0n) is 8.64. The van der Waals surface area contributed by atoms with Crippen LogP contribution in [-0.4, -0.2) is 40.0 Å². The van der Waals surface area contributed by atoms with Crippen molar-refractivity contribution in [2.24, 2.45) is 0 Å². The predicted molar refractivity (Wildman–Crippen MR) is 59.7 cm³/mol. The number of nitrogens with one attached hydrogen (secondary N) is 1. The van der Waals surface area contributed by atoms with Gasteiger partial charge in [0.05, 0.1) is 24.6 Å². The summed E-state index contributed by atoms with van der Waals surface area (Å²) in [7, 11) is 1.79. The molecule has 0 spiro atoms. The van der Waals surface area contributed by atoms with E-state index in [2.05, 4.69) is 20.4 Å². The first-order valence-corrected chi connectivity index (χ1v) is 5.33. The zero-order valence-corrected chi connectivity index (χ0v) is 9.40. The van der Waals surface area contributed by atoms with Crippen LogP contribution in [0.2, 0.25) is 5.28 Å². The van der Waals surface area contributed by atoms with E-state index in [9.17, 15) is 0 Å². The molecule has 0 amide bonds. The largest absolute Gasteiger partial charge is 0.377 e. The van der Waals surface area contributed by atoms with Gasteiger partial charge in [0.2, 0.25) is 5.28 Å². The molecule has 1 N–H and O–H groups in total. The van der Waals surface area contributed by atoms with Crippen LogP contribution in [0.25, 0.3) is 11.0 Å². The first-order chi connectivity index (χ1) is 7.78. The SMILES string of the molecule is CNc1nc(Cl)nc2nn(C3COC3)cc12. The number of nitrogens with zero attached hydrogens (tertiary/aromatic N) is 4. The van der Waals surface area contributed by atoms with E-state index in [0.717, 1.165) is 5.39 Å². The van der Waals surface area contributed by atoms with E-state index in [1.54, 1.807) is 7.05 Å². The summed E-state index contributed by atoms with van der Waals surface area (Å²) in [4.78, 5) is 8.18. The fraction of sp³-hybridized carbons (Fsp3) is 0.444. The van der Waals surface area contributed by atoms with Gasteiger partial charge in [-0.25, -0.2) is 0 Å². The molecular weight excluding hydrogens is 230 g/mol. The summed E-state index contributed by atoms with van der Waals surface area (Å²) in [5, 5.41) is 8.42. The highest BCUT2D eigenvalue weighted by atomic mass is 35.5. The summed E-state index contributed by atoms with van der Waals surface area (Å²) in [6, 6.07) is 0.303. The van der Waals surface area contributed by atoms with E-state index < -0.39 is 0 Å². The Morgan fingerprint density at radius 1 is 1.50 bits per heavy atom. The third-order valence-corrected chi connectivity index (χ3v) is 2.77. The minimum absolute atomic E-state index is 0.201. The highest BCUT2D eigenvalue weighted by Crippen LogP contribution is 2.24. The van der Waals surface area contributed by atoms with Crippen molar-refractivity contribution in [1.29, 1.82) is 0 Å². The van der Waals surface area contributed by atoms with Crippen molar-refractivity contribution in [3.8, 4) is 0 Å². The molecule has 3 rings (SSSR count). The zero-order chi connectivity index (χ0) is 11.1. The number of hydrogen-bond acceptors (Lipinski definition) is 5. The summed E-state index contributed by atoms with van der Waals surface area (Å²) in [6.45, 7) is 1.40. The van der Waals surface area contributed by atoms with E-state index >= 15 is 0 Å². The van der Waals surface area contributed by atoms with Crippen LogP contribution < -0.4 is 5.32 Å². The van der Waals surface area contributed by atoms with Crippen molar-refractivity contribution in [1.82, 2.24) is 19.7 Å². The Kier molecular flexibility index (Phi) is 2.19. The number of ether oxygens (including phenoxy) is 1. The average Bonchev–Trinajstić information content (AvgIpc) is 2.56. The number of fused-ring (bicyclic) bond motifs is 1. The summed E-state index contributed by atoms with van der Waals surface area (Å²) >= 11 is 5.80. The van der Waals surface area contributed by atoms with Gasteiger partial charge in [0.15, 0.2) is 5.65 Å². The standard InChI is InChI=1S/C9H10ClN5O/c1-11-7-6-2-15(5-3-16-4-5)14-8(6)13-9(10)12-7/h2,5H,3-4H2,1H3,(H,11,12,13,14). The third kappa shape index (κ3) is 1.42. The van der Waals surface area contributed by atoms with Gasteiger partial charge < -0.3 is 10.1 Å². The molecule has 2 aromatic heterocycles. The van der Waals surface area contributed by atoms with Gasteiger partial charge in [-0.3, -0.25) is 4.68 Å². The number of aromatic nitrogens is 4. The Labute approximate surface area is 96.6 Å². The van der Waals surface area contributed by atoms with Gasteiger partial charge in [0.1, 0.15) is 5.82 Å². The molecule has 1 aliphatic heterocycles. The maximum absolute atomic E-state index is 5.80. The fourth-order valence-electron chi connectivity index (χ4n) is 1.65. The molecule has 3 heterocycles. The van der Waals surface area contributed by atoms with Crippen molar-refractivity contribution in [3.63, 3.8) is 0 Å². The minimum atomic E-state index is 0.201. The summed E-state index contributed by atoms with van der Waals surface area (Å²) in [5.41, 5.74) is 0.608. The van der Waals surface area contributed by atoms with Crippen molar-refractivity contribution in [2.45, 2.75) is 6.04 Å². The lowest BCUT2D eigenvalue weighted by Gasteiger charge is -2.25. The van der Waals surface area contributed by atoms with Crippen LogP contribution in [0.15, 0.2) is 6.20 Å². The fourth-order valence-corrected chi connectivity index (χ4v) is 1.81. The molecule has 0 bridgehead atoms. The second-order valence-corrected chi connectivity index (χ2v) is 3.97. The number of halogens is 1. The Balaban J connectivity index is 2.15. The van der Waals surface area contributed by atoms with Crippen LogP contribution in [0.1, 0.15) is 6.04 Å². The number of anilines is 1. The molecule has 16 heavy (non-hydrogen) atoms. The summed E-state index contributed by atoms with van der Waals surface area (Å²) in [6.07, 6.45) is 1.92. The van der Waals surface area contributed by atoms with Gasteiger partial charge >= 0.3 is 0 Å². The van der Waals surface area contributed by atoms with Crippen LogP contribution in [0.3, 0.4) is 0 Å². The smallest absolute Gasteiger partial charge is 0.226 e. The second kappa shape index (κ2) is 3.57. The third-order valence-electron chi connectivity index (χ3n) is 2.60. The van der Waals surface area contributed by atoms with Gasteiger partial charge in [0.25, 0.3) is 0 Å². The molecule has 84 valence electrons. The Hall–Kier alpha value is -1.40. The lowest BCUT2D eigenvalue weighted by molar-refractivity contribution is -0.0283. The van der Waals surface area contributed by atoms with Crippen LogP contribution >= 0.6 is 11.6 Å². The lowest BCUT2D eigenvalue weighted by Crippen LogP contribution is -2.30. The topological polar surface area (TPSA) is 64.9 Å². The van der Waals surface area contributed by atoms with Gasteiger partial charge in [-0.1, -0.05) is 0 Å². The van der Waals surface area contributed by atoms with Gasteiger partial charge in [-0.15, -0.1) is 0 Å². The molecule has 1 aliphatic rings. The molecule has 7 heteroatoms. The van der Waals surface area contributed by atoms with E-state index in [-0.39, 0.29) is 5.28 Å². The number of hydrogen-bond donors (Lipinski definition) is 1. The molecule has 6 nitrogen and oxygen atoms in total. The molecule has 0 radical (unpaired) electrons. The lowest BCUT2D eigenvalue weighted by atomic mass is 10.3. The first-order valence-electron chi connectivity index (χ1n) is 4.96. The van der Waals surface area contributed by atoms with Crippen LogP contribution in [0.5, 0.6) is 0 Å². The molecule has 0 atom stereocenters. The van der Waals surface area contributed by atoms with Gasteiger partial charge in [-0.05, 0) is 11.6 Å². The maximum Gasteiger partial charge on any atom is 0.226 e. The van der Waals surface area contributed by atoms with E-state index in [1.807, 2.05) is 10.9 Å². The van der Waals surface area contributed by atoms with Gasteiger partial charge in [-0.2, -0.15) is 15.1 Å². The van der Waals surface area contributed by atoms with E-state index in [1.165, 1.54) is 0 Å². The molecule has 0 aromatic carbocycles. The average molecular weight is 240 g/mol. The molecule has 2 aromatic rings. The minimum Gasteiger partial charge on any atom is -0.377 e. The normalized spacial score (nSPS) is 16.4. The summed E-state index contributed by atoms with van der Waals surface area (Å²) < 4.78 is 6.99. The quantitative estimate of drug-likeness (QED) is 0.795. The highest BCUT2D eigenvalue weighted by molar-refractivity contribution is 6.28. The Morgan fingerprint density at radius 2 is 2.31 bits per heavy atom. The first kappa shape index (κ1) is 9.80. The number of rotatable bonds is 2. The van der Waals surface area contributed by atoms with E-state index in [0.29, 0.717) is 30.7 Å². The van der Waals surface area contributed by atoms with Crippen LogP contribution in [0, 0.1) is 0 Å². The summed E-state index contributed by atoms with van der Waals surface area (Å²) in [5.74, 6) is 0.696. The van der Waals surface area contributed by atoms with Gasteiger partial charge in [0, 0.05) is 13.2 Å². The molecule has 1 saturated heterocycles. The van der Waals surface area contributed by atoms with E-state index in [4.69, 9.17) is 16.3 Å².